The molecule has 0 aliphatic heterocycles. The highest BCUT2D eigenvalue weighted by Crippen LogP contribution is 2.91. The quantitative estimate of drug-likeness (QED) is 0.310. The van der Waals surface area contributed by atoms with Crippen LogP contribution in [0.2, 0.25) is 0 Å². The van der Waals surface area contributed by atoms with E-state index in [2.05, 4.69) is 16.1 Å². The zero-order valence-electron chi connectivity index (χ0n) is 14.3. The van der Waals surface area contributed by atoms with Crippen LogP contribution in [0.15, 0.2) is 12.8 Å². The van der Waals surface area contributed by atoms with Gasteiger partial charge in [-0.05, 0) is 0 Å². The fourth-order valence-corrected chi connectivity index (χ4v) is 4.76. The third-order valence-electron chi connectivity index (χ3n) is 6.17. The first-order chi connectivity index (χ1) is 13.5. The molecule has 0 spiro atoms. The summed E-state index contributed by atoms with van der Waals surface area (Å²) in [6.45, 7) is 2.49. The molecule has 2 nitrogen and oxygen atoms in total. The molecule has 17 heteroatoms. The molecule has 0 radical (unpaired) electrons. The molecule has 4 rings (SSSR count). The van der Waals surface area contributed by atoms with Gasteiger partial charge in [-0.1, -0.05) is 6.58 Å². The Kier molecular flexibility index (Phi) is 4.01. The van der Waals surface area contributed by atoms with Gasteiger partial charge in [-0.3, -0.25) is 0 Å². The van der Waals surface area contributed by atoms with E-state index < -0.39 is 64.2 Å². The third-order valence-corrected chi connectivity index (χ3v) is 6.17. The molecule has 4 fully saturated rings. The zero-order valence-corrected chi connectivity index (χ0v) is 14.3. The number of hydrogen-bond donors (Lipinski definition) is 0. The van der Waals surface area contributed by atoms with Crippen LogP contribution in [-0.2, 0) is 9.47 Å². The number of methoxy groups -OCH3 is 1. The summed E-state index contributed by atoms with van der Waals surface area (Å²) in [6.07, 6.45) is -4.67. The summed E-state index contributed by atoms with van der Waals surface area (Å²) in [4.78, 5) is 0. The smallest absolute Gasteiger partial charge is 0.339 e. The van der Waals surface area contributed by atoms with Gasteiger partial charge in [0, 0.05) is 7.11 Å². The van der Waals surface area contributed by atoms with Crippen molar-refractivity contribution in [2.75, 3.05) is 7.11 Å². The van der Waals surface area contributed by atoms with E-state index in [0.717, 1.165) is 0 Å². The van der Waals surface area contributed by atoms with E-state index in [4.69, 9.17) is 0 Å². The Balaban J connectivity index is 2.74. The van der Waals surface area contributed by atoms with Crippen molar-refractivity contribution in [3.8, 4) is 0 Å². The molecule has 1 unspecified atom stereocenters. The Morgan fingerprint density at radius 2 is 0.806 bits per heavy atom. The summed E-state index contributed by atoms with van der Waals surface area (Å²) in [5, 5.41) is 0. The van der Waals surface area contributed by atoms with Gasteiger partial charge in [-0.2, -0.15) is 26.3 Å². The SMILES string of the molecule is C=COC(OC)C12C(F)(F)C3(F)C(F)(F)C(F)(C(F)(F)C(F)(C3(F)F)C1(F)F)C2(F)F. The molecule has 1 atom stereocenters. The van der Waals surface area contributed by atoms with E-state index in [1.165, 1.54) is 0 Å². The lowest BCUT2D eigenvalue weighted by molar-refractivity contribution is -0.625. The number of rotatable bonds is 4. The van der Waals surface area contributed by atoms with Crippen LogP contribution < -0.4 is 0 Å². The number of alkyl halides is 15. The average Bonchev–Trinajstić information content (AvgIpc) is 2.61. The maximum absolute atomic E-state index is 14.9. The van der Waals surface area contributed by atoms with Crippen LogP contribution in [0.25, 0.3) is 0 Å². The summed E-state index contributed by atoms with van der Waals surface area (Å²) in [6, 6.07) is 0. The molecule has 4 bridgehead atoms. The first-order valence-electron chi connectivity index (χ1n) is 7.65. The summed E-state index contributed by atoms with van der Waals surface area (Å²) in [7, 11) is -0.107. The second-order valence-corrected chi connectivity index (χ2v) is 7.10. The van der Waals surface area contributed by atoms with Crippen LogP contribution in [0.4, 0.5) is 65.9 Å². The molecule has 4 saturated carbocycles. The van der Waals surface area contributed by atoms with E-state index in [1.54, 1.807) is 0 Å². The monoisotopic (exact) mass is 492 g/mol. The Morgan fingerprint density at radius 3 is 1.00 bits per heavy atom. The minimum Gasteiger partial charge on any atom is -0.472 e. The van der Waals surface area contributed by atoms with Crippen LogP contribution in [0.5, 0.6) is 0 Å². The van der Waals surface area contributed by atoms with Crippen LogP contribution in [0, 0.1) is 5.41 Å². The Hall–Kier alpha value is -1.55. The normalized spacial score (nSPS) is 47.6. The van der Waals surface area contributed by atoms with Gasteiger partial charge >= 0.3 is 52.5 Å². The van der Waals surface area contributed by atoms with Crippen molar-refractivity contribution in [3.05, 3.63) is 12.8 Å². The van der Waals surface area contributed by atoms with Crippen LogP contribution in [-0.4, -0.2) is 65.9 Å². The molecule has 4 aliphatic carbocycles. The first-order valence-corrected chi connectivity index (χ1v) is 7.65. The van der Waals surface area contributed by atoms with Crippen molar-refractivity contribution in [2.24, 2.45) is 5.41 Å². The lowest BCUT2D eigenvalue weighted by atomic mass is 9.36. The lowest BCUT2D eigenvalue weighted by Gasteiger charge is -2.75. The van der Waals surface area contributed by atoms with Gasteiger partial charge in [-0.25, -0.2) is 39.5 Å². The van der Waals surface area contributed by atoms with E-state index in [-0.39, 0.29) is 13.4 Å². The summed E-state index contributed by atoms with van der Waals surface area (Å²) < 4.78 is 226. The molecule has 180 valence electrons. The predicted molar refractivity (Wildman–Crippen MR) is 65.7 cm³/mol. The molecule has 4 aliphatic rings. The van der Waals surface area contributed by atoms with Crippen LogP contribution in [0.1, 0.15) is 0 Å². The van der Waals surface area contributed by atoms with Gasteiger partial charge in [0.15, 0.2) is 0 Å². The molecular weight excluding hydrogens is 485 g/mol. The molecule has 0 N–H and O–H groups in total. The minimum atomic E-state index is -7.83. The third kappa shape index (κ3) is 1.44. The molecule has 0 aromatic heterocycles. The second-order valence-electron chi connectivity index (χ2n) is 7.10. The highest BCUT2D eigenvalue weighted by Gasteiger charge is 3.23. The van der Waals surface area contributed by atoms with Gasteiger partial charge in [0.25, 0.3) is 0 Å². The highest BCUT2D eigenvalue weighted by molar-refractivity contribution is 5.53. The highest BCUT2D eigenvalue weighted by atomic mass is 19.3. The van der Waals surface area contributed by atoms with Crippen molar-refractivity contribution < 1.29 is 75.3 Å². The topological polar surface area (TPSA) is 18.5 Å². The van der Waals surface area contributed by atoms with Crippen molar-refractivity contribution in [1.29, 1.82) is 0 Å². The van der Waals surface area contributed by atoms with Crippen molar-refractivity contribution in [2.45, 2.75) is 58.8 Å². The first kappa shape index (κ1) is 24.1. The molecule has 0 heterocycles. The summed E-state index contributed by atoms with van der Waals surface area (Å²) in [5.74, 6) is -46.2. The van der Waals surface area contributed by atoms with Gasteiger partial charge in [0.05, 0.1) is 6.26 Å². The summed E-state index contributed by atoms with van der Waals surface area (Å²) >= 11 is 0. The van der Waals surface area contributed by atoms with Gasteiger partial charge in [-0.15, -0.1) is 0 Å². The molecular formula is C14H7F15O2. The predicted octanol–water partition coefficient (Wildman–Crippen LogP) is 5.08. The van der Waals surface area contributed by atoms with E-state index >= 15 is 0 Å². The van der Waals surface area contributed by atoms with Gasteiger partial charge < -0.3 is 9.47 Å². The van der Waals surface area contributed by atoms with Gasteiger partial charge in [0.2, 0.25) is 11.7 Å². The Labute approximate surface area is 160 Å². The molecule has 0 amide bonds. The van der Waals surface area contributed by atoms with Crippen molar-refractivity contribution in [3.63, 3.8) is 0 Å². The molecule has 31 heavy (non-hydrogen) atoms. The minimum absolute atomic E-state index is 0.107. The fourth-order valence-electron chi connectivity index (χ4n) is 4.76. The van der Waals surface area contributed by atoms with Crippen LogP contribution >= 0.6 is 0 Å². The maximum Gasteiger partial charge on any atom is 0.339 e. The maximum atomic E-state index is 14.9. The Bertz CT molecular complexity index is 722. The van der Waals surface area contributed by atoms with Crippen molar-refractivity contribution >= 4 is 0 Å². The van der Waals surface area contributed by atoms with Crippen LogP contribution in [0.3, 0.4) is 0 Å². The van der Waals surface area contributed by atoms with Gasteiger partial charge in [0.1, 0.15) is 0 Å². The van der Waals surface area contributed by atoms with E-state index in [0.29, 0.717) is 0 Å². The Morgan fingerprint density at radius 1 is 0.548 bits per heavy atom. The van der Waals surface area contributed by atoms with E-state index in [9.17, 15) is 65.9 Å². The van der Waals surface area contributed by atoms with Crippen molar-refractivity contribution in [1.82, 2.24) is 0 Å². The number of ether oxygens (including phenoxy) is 2. The number of halogens is 15. The fraction of sp³-hybridized carbons (Fsp3) is 0.857. The lowest BCUT2D eigenvalue weighted by Crippen LogP contribution is -3.08. The zero-order chi connectivity index (χ0) is 24.7. The van der Waals surface area contributed by atoms with E-state index in [1.807, 2.05) is 0 Å². The number of hydrogen-bond acceptors (Lipinski definition) is 2. The standard InChI is InChI=1S/C14H7F15O2/c1-3-31-4(30-2)5-9(18,19)6(15)12(24,25)7(16,10(5,20)21)14(28,29)8(17,11(5,22)23)13(6,26)27/h3-4H,1H2,2H3. The summed E-state index contributed by atoms with van der Waals surface area (Å²) in [5.41, 5.74) is -29.8. The molecule has 0 aromatic carbocycles. The molecule has 0 aromatic rings. The largest absolute Gasteiger partial charge is 0.472 e. The molecule has 0 saturated heterocycles. The average molecular weight is 492 g/mol. The second kappa shape index (κ2) is 5.16.